The van der Waals surface area contributed by atoms with Gasteiger partial charge in [0.05, 0.1) is 12.3 Å². The summed E-state index contributed by atoms with van der Waals surface area (Å²) in [7, 11) is 0. The van der Waals surface area contributed by atoms with E-state index >= 15 is 0 Å². The molecule has 1 amide bonds. The van der Waals surface area contributed by atoms with Gasteiger partial charge >= 0.3 is 5.97 Å². The molecule has 0 aromatic heterocycles. The Morgan fingerprint density at radius 2 is 2.05 bits per heavy atom. The quantitative estimate of drug-likeness (QED) is 0.838. The first-order valence-electron chi connectivity index (χ1n) is 6.69. The van der Waals surface area contributed by atoms with Crippen molar-refractivity contribution in [3.05, 3.63) is 48.0 Å². The first-order valence-corrected chi connectivity index (χ1v) is 6.69. The Balaban J connectivity index is 2.14. The number of rotatable bonds is 5. The Hall–Kier alpha value is -2.10. The van der Waals surface area contributed by atoms with Crippen molar-refractivity contribution in [3.63, 3.8) is 0 Å². The second-order valence-electron chi connectivity index (χ2n) is 5.36. The van der Waals surface area contributed by atoms with Crippen LogP contribution in [0.4, 0.5) is 0 Å². The van der Waals surface area contributed by atoms with Crippen molar-refractivity contribution in [2.45, 2.75) is 19.9 Å². The molecule has 2 atom stereocenters. The van der Waals surface area contributed by atoms with Crippen LogP contribution in [-0.2, 0) is 16.1 Å². The summed E-state index contributed by atoms with van der Waals surface area (Å²) in [6.07, 6.45) is -0.123. The van der Waals surface area contributed by atoms with E-state index in [2.05, 4.69) is 6.58 Å². The third kappa shape index (κ3) is 3.07. The Morgan fingerprint density at radius 3 is 2.60 bits per heavy atom. The smallest absolute Gasteiger partial charge is 0.304 e. The Kier molecular flexibility index (Phi) is 4.23. The summed E-state index contributed by atoms with van der Waals surface area (Å²) in [6, 6.07) is 9.72. The van der Waals surface area contributed by atoms with Gasteiger partial charge in [-0.15, -0.1) is 0 Å². The van der Waals surface area contributed by atoms with Gasteiger partial charge in [-0.1, -0.05) is 42.5 Å². The van der Waals surface area contributed by atoms with Crippen LogP contribution < -0.4 is 0 Å². The van der Waals surface area contributed by atoms with Crippen LogP contribution in [0.25, 0.3) is 0 Å². The van der Waals surface area contributed by atoms with Crippen molar-refractivity contribution in [2.75, 3.05) is 6.54 Å². The first-order chi connectivity index (χ1) is 9.49. The van der Waals surface area contributed by atoms with Gasteiger partial charge in [0, 0.05) is 19.0 Å². The van der Waals surface area contributed by atoms with Crippen LogP contribution in [0.1, 0.15) is 18.9 Å². The maximum Gasteiger partial charge on any atom is 0.304 e. The average molecular weight is 273 g/mol. The van der Waals surface area contributed by atoms with E-state index in [1.54, 1.807) is 4.90 Å². The van der Waals surface area contributed by atoms with E-state index in [-0.39, 0.29) is 18.2 Å². The molecule has 1 fully saturated rings. The fraction of sp³-hybridized carbons (Fsp3) is 0.375. The number of likely N-dealkylation sites (tertiary alicyclic amines) is 1. The minimum Gasteiger partial charge on any atom is -0.481 e. The molecule has 0 radical (unpaired) electrons. The number of carboxylic acids is 1. The monoisotopic (exact) mass is 273 g/mol. The van der Waals surface area contributed by atoms with Crippen molar-refractivity contribution < 1.29 is 14.7 Å². The Labute approximate surface area is 118 Å². The van der Waals surface area contributed by atoms with Gasteiger partial charge in [-0.05, 0) is 12.5 Å². The molecule has 106 valence electrons. The second-order valence-corrected chi connectivity index (χ2v) is 5.36. The molecule has 1 heterocycles. The topological polar surface area (TPSA) is 57.6 Å². The number of carboxylic acid groups (broad SMARTS) is 1. The molecule has 1 aliphatic heterocycles. The lowest BCUT2D eigenvalue weighted by molar-refractivity contribution is -0.142. The van der Waals surface area contributed by atoms with Gasteiger partial charge in [0.25, 0.3) is 0 Å². The lowest BCUT2D eigenvalue weighted by Gasteiger charge is -2.16. The molecule has 1 N–H and O–H groups in total. The Morgan fingerprint density at radius 1 is 1.40 bits per heavy atom. The van der Waals surface area contributed by atoms with Gasteiger partial charge in [0.2, 0.25) is 5.91 Å². The summed E-state index contributed by atoms with van der Waals surface area (Å²) >= 11 is 0. The molecule has 0 saturated carbocycles. The fourth-order valence-corrected chi connectivity index (χ4v) is 2.72. The molecule has 4 heteroatoms. The van der Waals surface area contributed by atoms with Gasteiger partial charge in [-0.3, -0.25) is 9.59 Å². The fourth-order valence-electron chi connectivity index (χ4n) is 2.72. The molecule has 0 unspecified atom stereocenters. The van der Waals surface area contributed by atoms with Gasteiger partial charge in [-0.2, -0.15) is 0 Å². The van der Waals surface area contributed by atoms with Crippen molar-refractivity contribution in [1.82, 2.24) is 4.90 Å². The third-order valence-electron chi connectivity index (χ3n) is 3.78. The van der Waals surface area contributed by atoms with Crippen LogP contribution in [0.3, 0.4) is 0 Å². The SMILES string of the molecule is C=C(C)[C@@H]1CN(Cc2ccccc2)C(=O)[C@H]1CC(=O)O. The van der Waals surface area contributed by atoms with Gasteiger partial charge in [0.1, 0.15) is 0 Å². The maximum absolute atomic E-state index is 12.4. The van der Waals surface area contributed by atoms with Gasteiger partial charge in [-0.25, -0.2) is 0 Å². The van der Waals surface area contributed by atoms with Crippen LogP contribution >= 0.6 is 0 Å². The number of nitrogens with zero attached hydrogens (tertiary/aromatic N) is 1. The average Bonchev–Trinajstić information content (AvgIpc) is 2.69. The van der Waals surface area contributed by atoms with Gasteiger partial charge < -0.3 is 10.0 Å². The normalized spacial score (nSPS) is 22.1. The van der Waals surface area contributed by atoms with Crippen LogP contribution in [-0.4, -0.2) is 28.4 Å². The number of carbonyl (C=O) groups is 2. The molecular weight excluding hydrogens is 254 g/mol. The molecule has 20 heavy (non-hydrogen) atoms. The molecule has 1 aromatic rings. The second kappa shape index (κ2) is 5.90. The van der Waals surface area contributed by atoms with E-state index in [9.17, 15) is 9.59 Å². The zero-order valence-electron chi connectivity index (χ0n) is 11.6. The maximum atomic E-state index is 12.4. The molecule has 4 nitrogen and oxygen atoms in total. The van der Waals surface area contributed by atoms with E-state index in [4.69, 9.17) is 5.11 Å². The van der Waals surface area contributed by atoms with E-state index in [1.807, 2.05) is 37.3 Å². The van der Waals surface area contributed by atoms with Crippen LogP contribution in [0.5, 0.6) is 0 Å². The highest BCUT2D eigenvalue weighted by molar-refractivity contribution is 5.86. The van der Waals surface area contributed by atoms with Crippen molar-refractivity contribution >= 4 is 11.9 Å². The highest BCUT2D eigenvalue weighted by atomic mass is 16.4. The minimum atomic E-state index is -0.934. The van der Waals surface area contributed by atoms with Crippen molar-refractivity contribution in [2.24, 2.45) is 11.8 Å². The number of hydrogen-bond donors (Lipinski definition) is 1. The number of benzene rings is 1. The predicted octanol–water partition coefficient (Wildman–Crippen LogP) is 2.31. The van der Waals surface area contributed by atoms with E-state index in [0.29, 0.717) is 13.1 Å². The van der Waals surface area contributed by atoms with Crippen LogP contribution in [0.2, 0.25) is 0 Å². The number of amides is 1. The largest absolute Gasteiger partial charge is 0.481 e. The van der Waals surface area contributed by atoms with Crippen LogP contribution in [0, 0.1) is 11.8 Å². The lowest BCUT2D eigenvalue weighted by atomic mass is 9.88. The first kappa shape index (κ1) is 14.3. The molecule has 1 saturated heterocycles. The van der Waals surface area contributed by atoms with E-state index in [1.165, 1.54) is 0 Å². The zero-order chi connectivity index (χ0) is 14.7. The molecule has 2 rings (SSSR count). The summed E-state index contributed by atoms with van der Waals surface area (Å²) < 4.78 is 0. The van der Waals surface area contributed by atoms with E-state index in [0.717, 1.165) is 11.1 Å². The summed E-state index contributed by atoms with van der Waals surface area (Å²) in [5.74, 6) is -1.56. The summed E-state index contributed by atoms with van der Waals surface area (Å²) in [4.78, 5) is 25.1. The standard InChI is InChI=1S/C16H19NO3/c1-11(2)14-10-17(9-12-6-4-3-5-7-12)16(20)13(14)8-15(18)19/h3-7,13-14H,1,8-10H2,2H3,(H,18,19)/t13-,14-/m0/s1. The summed E-state index contributed by atoms with van der Waals surface area (Å²) in [5, 5.41) is 8.97. The minimum absolute atomic E-state index is 0.0673. The van der Waals surface area contributed by atoms with Crippen molar-refractivity contribution in [1.29, 1.82) is 0 Å². The molecule has 1 aromatic carbocycles. The highest BCUT2D eigenvalue weighted by Gasteiger charge is 2.41. The van der Waals surface area contributed by atoms with Crippen molar-refractivity contribution in [3.8, 4) is 0 Å². The number of carbonyl (C=O) groups excluding carboxylic acids is 1. The molecular formula is C16H19NO3. The molecule has 1 aliphatic rings. The van der Waals surface area contributed by atoms with Gasteiger partial charge in [0.15, 0.2) is 0 Å². The Bertz CT molecular complexity index is 524. The third-order valence-corrected chi connectivity index (χ3v) is 3.78. The zero-order valence-corrected chi connectivity index (χ0v) is 11.6. The molecule has 0 spiro atoms. The molecule has 0 aliphatic carbocycles. The molecule has 0 bridgehead atoms. The lowest BCUT2D eigenvalue weighted by Crippen LogP contribution is -2.27. The summed E-state index contributed by atoms with van der Waals surface area (Å²) in [6.45, 7) is 6.84. The number of aliphatic carboxylic acids is 1. The van der Waals surface area contributed by atoms with Crippen LogP contribution in [0.15, 0.2) is 42.5 Å². The highest BCUT2D eigenvalue weighted by Crippen LogP contribution is 2.33. The summed E-state index contributed by atoms with van der Waals surface area (Å²) in [5.41, 5.74) is 1.93. The predicted molar refractivity (Wildman–Crippen MR) is 75.9 cm³/mol. The van der Waals surface area contributed by atoms with E-state index < -0.39 is 11.9 Å². The number of hydrogen-bond acceptors (Lipinski definition) is 2.